The third-order valence-corrected chi connectivity index (χ3v) is 4.88. The molecule has 2 aromatic carbocycles. The summed E-state index contributed by atoms with van der Waals surface area (Å²) in [7, 11) is 1.56. The van der Waals surface area contributed by atoms with Crippen LogP contribution in [0, 0.1) is 11.7 Å². The van der Waals surface area contributed by atoms with Crippen molar-refractivity contribution in [1.29, 1.82) is 0 Å². The Kier molecular flexibility index (Phi) is 6.06. The fourth-order valence-corrected chi connectivity index (χ4v) is 3.25. The third kappa shape index (κ3) is 4.64. The van der Waals surface area contributed by atoms with Gasteiger partial charge >= 0.3 is 0 Å². The number of rotatable bonds is 5. The number of carbonyl (C=O) groups excluding carboxylic acids is 2. The molecule has 142 valence electrons. The summed E-state index contributed by atoms with van der Waals surface area (Å²) in [6.07, 6.45) is 1.19. The maximum Gasteiger partial charge on any atom is 0.253 e. The molecule has 0 spiro atoms. The SMILES string of the molecule is COc1cccc(C(=O)N2CCC(C(=O)NCc3ccccc3F)CC2)c1. The van der Waals surface area contributed by atoms with Gasteiger partial charge in [0.2, 0.25) is 5.91 Å². The highest BCUT2D eigenvalue weighted by Crippen LogP contribution is 2.21. The first-order valence-corrected chi connectivity index (χ1v) is 9.03. The average molecular weight is 370 g/mol. The van der Waals surface area contributed by atoms with Crippen molar-refractivity contribution in [2.75, 3.05) is 20.2 Å². The summed E-state index contributed by atoms with van der Waals surface area (Å²) in [5.41, 5.74) is 1.05. The van der Waals surface area contributed by atoms with Crippen LogP contribution in [0.1, 0.15) is 28.8 Å². The van der Waals surface area contributed by atoms with Crippen molar-refractivity contribution in [2.45, 2.75) is 19.4 Å². The van der Waals surface area contributed by atoms with Gasteiger partial charge in [0.1, 0.15) is 11.6 Å². The summed E-state index contributed by atoms with van der Waals surface area (Å²) in [5, 5.41) is 2.80. The molecule has 0 atom stereocenters. The first-order valence-electron chi connectivity index (χ1n) is 9.03. The summed E-state index contributed by atoms with van der Waals surface area (Å²) >= 11 is 0. The van der Waals surface area contributed by atoms with E-state index in [1.165, 1.54) is 6.07 Å². The lowest BCUT2D eigenvalue weighted by atomic mass is 9.95. The van der Waals surface area contributed by atoms with Crippen LogP contribution >= 0.6 is 0 Å². The molecule has 1 heterocycles. The molecule has 6 heteroatoms. The standard InChI is InChI=1S/C21H23FN2O3/c1-27-18-7-4-6-16(13-18)21(26)24-11-9-15(10-12-24)20(25)23-14-17-5-2-3-8-19(17)22/h2-8,13,15H,9-12,14H2,1H3,(H,23,25). The van der Waals surface area contributed by atoms with Crippen molar-refractivity contribution in [1.82, 2.24) is 10.2 Å². The molecule has 3 rings (SSSR count). The maximum atomic E-state index is 13.6. The van der Waals surface area contributed by atoms with Crippen LogP contribution in [0.5, 0.6) is 5.75 Å². The molecule has 2 aromatic rings. The van der Waals surface area contributed by atoms with E-state index in [1.54, 1.807) is 54.5 Å². The molecule has 1 N–H and O–H groups in total. The Labute approximate surface area is 158 Å². The summed E-state index contributed by atoms with van der Waals surface area (Å²) in [4.78, 5) is 26.7. The molecule has 0 saturated carbocycles. The number of amides is 2. The predicted molar refractivity (Wildman–Crippen MR) is 99.9 cm³/mol. The highest BCUT2D eigenvalue weighted by atomic mass is 19.1. The van der Waals surface area contributed by atoms with E-state index in [4.69, 9.17) is 4.74 Å². The van der Waals surface area contributed by atoms with Gasteiger partial charge in [-0.3, -0.25) is 9.59 Å². The molecule has 5 nitrogen and oxygen atoms in total. The Hall–Kier alpha value is -2.89. The lowest BCUT2D eigenvalue weighted by Crippen LogP contribution is -2.43. The van der Waals surface area contributed by atoms with Gasteiger partial charge in [-0.1, -0.05) is 24.3 Å². The Bertz CT molecular complexity index is 817. The normalized spacial score (nSPS) is 14.7. The molecule has 1 aliphatic heterocycles. The van der Waals surface area contributed by atoms with Crippen molar-refractivity contribution < 1.29 is 18.7 Å². The van der Waals surface area contributed by atoms with Gasteiger partial charge in [0.05, 0.1) is 7.11 Å². The van der Waals surface area contributed by atoms with Gasteiger partial charge in [-0.2, -0.15) is 0 Å². The molecule has 0 unspecified atom stereocenters. The van der Waals surface area contributed by atoms with E-state index in [9.17, 15) is 14.0 Å². The number of nitrogens with zero attached hydrogens (tertiary/aromatic N) is 1. The quantitative estimate of drug-likeness (QED) is 0.880. The first kappa shape index (κ1) is 18.9. The number of methoxy groups -OCH3 is 1. The van der Waals surface area contributed by atoms with Crippen LogP contribution in [0.2, 0.25) is 0 Å². The number of piperidine rings is 1. The molecule has 2 amide bonds. The van der Waals surface area contributed by atoms with Gasteiger partial charge < -0.3 is 15.0 Å². The number of hydrogen-bond donors (Lipinski definition) is 1. The second-order valence-corrected chi connectivity index (χ2v) is 6.61. The van der Waals surface area contributed by atoms with Gasteiger partial charge in [-0.05, 0) is 37.1 Å². The Morgan fingerprint density at radius 3 is 2.59 bits per heavy atom. The largest absolute Gasteiger partial charge is 0.497 e. The van der Waals surface area contributed by atoms with Crippen molar-refractivity contribution in [2.24, 2.45) is 5.92 Å². The van der Waals surface area contributed by atoms with Crippen LogP contribution in [0.4, 0.5) is 4.39 Å². The van der Waals surface area contributed by atoms with Gasteiger partial charge in [-0.25, -0.2) is 4.39 Å². The lowest BCUT2D eigenvalue weighted by molar-refractivity contribution is -0.126. The number of hydrogen-bond acceptors (Lipinski definition) is 3. The maximum absolute atomic E-state index is 13.6. The van der Waals surface area contributed by atoms with Crippen LogP contribution in [0.15, 0.2) is 48.5 Å². The van der Waals surface area contributed by atoms with E-state index in [1.807, 2.05) is 0 Å². The summed E-state index contributed by atoms with van der Waals surface area (Å²) in [5.74, 6) is 0.0109. The Morgan fingerprint density at radius 1 is 1.15 bits per heavy atom. The second-order valence-electron chi connectivity index (χ2n) is 6.61. The van der Waals surface area contributed by atoms with Gasteiger partial charge in [0, 0.05) is 36.7 Å². The summed E-state index contributed by atoms with van der Waals surface area (Å²) < 4.78 is 18.8. The zero-order valence-electron chi connectivity index (χ0n) is 15.3. The summed E-state index contributed by atoms with van der Waals surface area (Å²) in [6.45, 7) is 1.22. The van der Waals surface area contributed by atoms with Crippen LogP contribution in [-0.2, 0) is 11.3 Å². The smallest absolute Gasteiger partial charge is 0.253 e. The molecule has 1 aliphatic rings. The van der Waals surface area contributed by atoms with Gasteiger partial charge in [-0.15, -0.1) is 0 Å². The number of nitrogens with one attached hydrogen (secondary N) is 1. The van der Waals surface area contributed by atoms with E-state index in [-0.39, 0.29) is 30.1 Å². The molecule has 0 radical (unpaired) electrons. The van der Waals surface area contributed by atoms with Gasteiger partial charge in [0.25, 0.3) is 5.91 Å². The van der Waals surface area contributed by atoms with Crippen LogP contribution in [0.25, 0.3) is 0 Å². The number of carbonyl (C=O) groups is 2. The molecule has 0 aromatic heterocycles. The highest BCUT2D eigenvalue weighted by Gasteiger charge is 2.27. The minimum Gasteiger partial charge on any atom is -0.497 e. The lowest BCUT2D eigenvalue weighted by Gasteiger charge is -2.31. The fourth-order valence-electron chi connectivity index (χ4n) is 3.25. The van der Waals surface area contributed by atoms with Crippen LogP contribution in [-0.4, -0.2) is 36.9 Å². The zero-order valence-corrected chi connectivity index (χ0v) is 15.3. The molecular formula is C21H23FN2O3. The summed E-state index contributed by atoms with van der Waals surface area (Å²) in [6, 6.07) is 13.5. The van der Waals surface area contributed by atoms with E-state index >= 15 is 0 Å². The van der Waals surface area contributed by atoms with Crippen molar-refractivity contribution in [3.05, 3.63) is 65.5 Å². The van der Waals surface area contributed by atoms with E-state index in [0.29, 0.717) is 42.8 Å². The minimum atomic E-state index is -0.323. The minimum absolute atomic E-state index is 0.0564. The van der Waals surface area contributed by atoms with Crippen molar-refractivity contribution in [3.8, 4) is 5.75 Å². The number of likely N-dealkylation sites (tertiary alicyclic amines) is 1. The number of benzene rings is 2. The molecule has 1 fully saturated rings. The van der Waals surface area contributed by atoms with Gasteiger partial charge in [0.15, 0.2) is 0 Å². The number of halogens is 1. The van der Waals surface area contributed by atoms with E-state index in [0.717, 1.165) is 0 Å². The third-order valence-electron chi connectivity index (χ3n) is 4.88. The fraction of sp³-hybridized carbons (Fsp3) is 0.333. The van der Waals surface area contributed by atoms with E-state index < -0.39 is 0 Å². The average Bonchev–Trinajstić information content (AvgIpc) is 2.72. The monoisotopic (exact) mass is 370 g/mol. The van der Waals surface area contributed by atoms with Crippen LogP contribution < -0.4 is 10.1 Å². The predicted octanol–water partition coefficient (Wildman–Crippen LogP) is 3.00. The molecule has 1 saturated heterocycles. The van der Waals surface area contributed by atoms with Crippen molar-refractivity contribution >= 4 is 11.8 Å². The molecular weight excluding hydrogens is 347 g/mol. The first-order chi connectivity index (χ1) is 13.1. The topological polar surface area (TPSA) is 58.6 Å². The second kappa shape index (κ2) is 8.66. The Morgan fingerprint density at radius 2 is 1.89 bits per heavy atom. The molecule has 0 bridgehead atoms. The zero-order chi connectivity index (χ0) is 19.2. The van der Waals surface area contributed by atoms with Crippen LogP contribution in [0.3, 0.4) is 0 Å². The van der Waals surface area contributed by atoms with E-state index in [2.05, 4.69) is 5.32 Å². The molecule has 0 aliphatic carbocycles. The highest BCUT2D eigenvalue weighted by molar-refractivity contribution is 5.94. The number of ether oxygens (including phenoxy) is 1. The van der Waals surface area contributed by atoms with Crippen molar-refractivity contribution in [3.63, 3.8) is 0 Å². The molecule has 27 heavy (non-hydrogen) atoms. The Balaban J connectivity index is 1.51.